The van der Waals surface area contributed by atoms with Crippen LogP contribution in [-0.4, -0.2) is 41.2 Å². The van der Waals surface area contributed by atoms with Gasteiger partial charge in [0, 0.05) is 24.4 Å². The van der Waals surface area contributed by atoms with Crippen LogP contribution in [0, 0.1) is 16.7 Å². The smallest absolute Gasteiger partial charge is 0.231 e. The van der Waals surface area contributed by atoms with Crippen LogP contribution in [0.2, 0.25) is 0 Å². The number of hydrogen-bond donors (Lipinski definition) is 0. The lowest BCUT2D eigenvalue weighted by Crippen LogP contribution is -2.43. The van der Waals surface area contributed by atoms with Crippen molar-refractivity contribution in [2.75, 3.05) is 13.2 Å². The van der Waals surface area contributed by atoms with E-state index in [0.29, 0.717) is 24.5 Å². The van der Waals surface area contributed by atoms with Gasteiger partial charge in [0.1, 0.15) is 23.5 Å². The summed E-state index contributed by atoms with van der Waals surface area (Å²) in [6.07, 6.45) is 7.05. The molecule has 6 nitrogen and oxygen atoms in total. The van der Waals surface area contributed by atoms with Gasteiger partial charge in [-0.1, -0.05) is 0 Å². The van der Waals surface area contributed by atoms with E-state index in [1.165, 1.54) is 6.20 Å². The molecule has 3 fully saturated rings. The van der Waals surface area contributed by atoms with Crippen LogP contribution in [0.15, 0.2) is 12.4 Å². The number of aromatic nitrogens is 1. The predicted molar refractivity (Wildman–Crippen MR) is 78.5 cm³/mol. The van der Waals surface area contributed by atoms with Gasteiger partial charge in [-0.15, -0.1) is 0 Å². The number of carbonyl (C=O) groups is 1. The van der Waals surface area contributed by atoms with Gasteiger partial charge in [-0.05, 0) is 19.3 Å². The molecular weight excluding hydrogens is 294 g/mol. The number of likely N-dealkylation sites (tertiary alicyclic amines) is 1. The molecule has 4 aliphatic rings. The van der Waals surface area contributed by atoms with Gasteiger partial charge in [-0.2, -0.15) is 5.26 Å². The Labute approximate surface area is 134 Å². The zero-order valence-electron chi connectivity index (χ0n) is 12.7. The van der Waals surface area contributed by atoms with E-state index in [1.807, 2.05) is 4.90 Å². The standard InChI is InChI=1S/C17H17N3O3/c18-5-10-6-19-7-13-14-3-12(23-15(10)13)8-20(14)16(21)17-2-1-11(4-17)22-9-17/h6-7,11-12,14H,1-4,8-9H2/t11?,12-,14-,17?/m0/s1. The summed E-state index contributed by atoms with van der Waals surface area (Å²) in [5, 5.41) is 9.25. The van der Waals surface area contributed by atoms with Crippen molar-refractivity contribution in [2.24, 2.45) is 5.41 Å². The van der Waals surface area contributed by atoms with Crippen LogP contribution in [0.5, 0.6) is 5.75 Å². The first-order chi connectivity index (χ1) is 11.2. The number of nitrogens with zero attached hydrogens (tertiary/aromatic N) is 3. The van der Waals surface area contributed by atoms with E-state index in [2.05, 4.69) is 11.1 Å². The molecule has 4 bridgehead atoms. The van der Waals surface area contributed by atoms with Crippen molar-refractivity contribution in [3.05, 3.63) is 23.5 Å². The second kappa shape index (κ2) is 4.45. The molecule has 1 amide bonds. The van der Waals surface area contributed by atoms with Gasteiger partial charge in [0.2, 0.25) is 5.91 Å². The highest BCUT2D eigenvalue weighted by atomic mass is 16.5. The van der Waals surface area contributed by atoms with E-state index in [0.717, 1.165) is 31.2 Å². The minimum absolute atomic E-state index is 0.0222. The lowest BCUT2D eigenvalue weighted by atomic mass is 9.86. The first-order valence-electron chi connectivity index (χ1n) is 8.17. The van der Waals surface area contributed by atoms with Crippen molar-refractivity contribution in [2.45, 2.75) is 43.9 Å². The maximum atomic E-state index is 13.2. The number of carbonyl (C=O) groups excluding carboxylic acids is 1. The molecule has 23 heavy (non-hydrogen) atoms. The maximum absolute atomic E-state index is 13.2. The topological polar surface area (TPSA) is 75.5 Å². The van der Waals surface area contributed by atoms with Crippen LogP contribution in [-0.2, 0) is 9.53 Å². The minimum atomic E-state index is -0.331. The van der Waals surface area contributed by atoms with Crippen molar-refractivity contribution in [3.8, 4) is 11.8 Å². The number of fused-ring (bicyclic) bond motifs is 6. The summed E-state index contributed by atoms with van der Waals surface area (Å²) < 4.78 is 11.7. The van der Waals surface area contributed by atoms with E-state index in [9.17, 15) is 10.1 Å². The first-order valence-corrected chi connectivity index (χ1v) is 8.17. The average molecular weight is 311 g/mol. The molecule has 1 aromatic rings. The van der Waals surface area contributed by atoms with Crippen molar-refractivity contribution in [3.63, 3.8) is 0 Å². The summed E-state index contributed by atoms with van der Waals surface area (Å²) in [6.45, 7) is 1.14. The highest BCUT2D eigenvalue weighted by molar-refractivity contribution is 5.85. The quantitative estimate of drug-likeness (QED) is 0.786. The molecule has 2 saturated heterocycles. The van der Waals surface area contributed by atoms with Gasteiger partial charge in [-0.3, -0.25) is 9.78 Å². The van der Waals surface area contributed by atoms with Gasteiger partial charge < -0.3 is 14.4 Å². The summed E-state index contributed by atoms with van der Waals surface area (Å²) in [6, 6.07) is 2.12. The van der Waals surface area contributed by atoms with E-state index in [4.69, 9.17) is 9.47 Å². The largest absolute Gasteiger partial charge is 0.487 e. The predicted octanol–water partition coefficient (Wildman–Crippen LogP) is 1.56. The Morgan fingerprint density at radius 3 is 3.04 bits per heavy atom. The summed E-state index contributed by atoms with van der Waals surface area (Å²) >= 11 is 0. The lowest BCUT2D eigenvalue weighted by Gasteiger charge is -2.33. The molecule has 3 aliphatic heterocycles. The van der Waals surface area contributed by atoms with Crippen LogP contribution in [0.1, 0.15) is 42.9 Å². The van der Waals surface area contributed by atoms with Crippen LogP contribution >= 0.6 is 0 Å². The summed E-state index contributed by atoms with van der Waals surface area (Å²) in [5.74, 6) is 0.812. The number of rotatable bonds is 1. The monoisotopic (exact) mass is 311 g/mol. The zero-order valence-corrected chi connectivity index (χ0v) is 12.7. The Morgan fingerprint density at radius 1 is 1.43 bits per heavy atom. The van der Waals surface area contributed by atoms with Gasteiger partial charge >= 0.3 is 0 Å². The highest BCUT2D eigenvalue weighted by Gasteiger charge is 2.56. The van der Waals surface area contributed by atoms with Crippen molar-refractivity contribution >= 4 is 5.91 Å². The van der Waals surface area contributed by atoms with E-state index in [1.54, 1.807) is 6.20 Å². The molecule has 4 atom stereocenters. The third-order valence-corrected chi connectivity index (χ3v) is 5.82. The third kappa shape index (κ3) is 1.71. The second-order valence-corrected chi connectivity index (χ2v) is 7.12. The van der Waals surface area contributed by atoms with Crippen molar-refractivity contribution < 1.29 is 14.3 Å². The molecular formula is C17H17N3O3. The van der Waals surface area contributed by atoms with Gasteiger partial charge in [-0.25, -0.2) is 0 Å². The molecule has 0 aromatic carbocycles. The minimum Gasteiger partial charge on any atom is -0.487 e. The Balaban J connectivity index is 1.52. The summed E-state index contributed by atoms with van der Waals surface area (Å²) in [7, 11) is 0. The van der Waals surface area contributed by atoms with Crippen LogP contribution in [0.3, 0.4) is 0 Å². The molecule has 1 saturated carbocycles. The highest BCUT2D eigenvalue weighted by Crippen LogP contribution is 2.51. The molecule has 2 unspecified atom stereocenters. The van der Waals surface area contributed by atoms with Crippen LogP contribution in [0.4, 0.5) is 0 Å². The number of amides is 1. The molecule has 1 aliphatic carbocycles. The van der Waals surface area contributed by atoms with Gasteiger partial charge in [0.05, 0.1) is 30.7 Å². The first kappa shape index (κ1) is 13.3. The number of pyridine rings is 1. The van der Waals surface area contributed by atoms with Gasteiger partial charge in [0.25, 0.3) is 0 Å². The van der Waals surface area contributed by atoms with Crippen molar-refractivity contribution in [1.29, 1.82) is 5.26 Å². The lowest BCUT2D eigenvalue weighted by molar-refractivity contribution is -0.144. The Kier molecular flexibility index (Phi) is 2.58. The molecule has 6 heteroatoms. The number of nitriles is 1. The molecule has 118 valence electrons. The SMILES string of the molecule is N#Cc1cncc2c1O[C@H]1C[C@@H]2N(C(=O)C23CCC(C2)OC3)C1. The van der Waals surface area contributed by atoms with Crippen LogP contribution < -0.4 is 4.74 Å². The van der Waals surface area contributed by atoms with E-state index in [-0.39, 0.29) is 29.6 Å². The fraction of sp³-hybridized carbons (Fsp3) is 0.588. The summed E-state index contributed by atoms with van der Waals surface area (Å²) in [4.78, 5) is 19.4. The maximum Gasteiger partial charge on any atom is 0.231 e. The molecule has 4 heterocycles. The fourth-order valence-corrected chi connectivity index (χ4v) is 4.67. The Morgan fingerprint density at radius 2 is 2.35 bits per heavy atom. The van der Waals surface area contributed by atoms with Crippen LogP contribution in [0.25, 0.3) is 0 Å². The van der Waals surface area contributed by atoms with Gasteiger partial charge in [0.15, 0.2) is 0 Å². The average Bonchev–Trinajstić information content (AvgIpc) is 3.28. The molecule has 0 spiro atoms. The second-order valence-electron chi connectivity index (χ2n) is 7.12. The number of hydrogen-bond acceptors (Lipinski definition) is 5. The van der Waals surface area contributed by atoms with Crippen molar-refractivity contribution in [1.82, 2.24) is 9.88 Å². The van der Waals surface area contributed by atoms with E-state index < -0.39 is 0 Å². The summed E-state index contributed by atoms with van der Waals surface area (Å²) in [5.41, 5.74) is 0.994. The molecule has 5 rings (SSSR count). The zero-order chi connectivity index (χ0) is 15.6. The Hall–Kier alpha value is -2.13. The normalized spacial score (nSPS) is 36.5. The molecule has 0 N–H and O–H groups in total. The third-order valence-electron chi connectivity index (χ3n) is 5.82. The Bertz CT molecular complexity index is 733. The van der Waals surface area contributed by atoms with E-state index >= 15 is 0 Å². The fourth-order valence-electron chi connectivity index (χ4n) is 4.67. The molecule has 1 aromatic heterocycles. The molecule has 0 radical (unpaired) electrons. The number of ether oxygens (including phenoxy) is 2.